The highest BCUT2D eigenvalue weighted by molar-refractivity contribution is 5.95. The van der Waals surface area contributed by atoms with Crippen molar-refractivity contribution in [1.82, 2.24) is 19.5 Å². The van der Waals surface area contributed by atoms with Crippen LogP contribution in [0.5, 0.6) is 5.88 Å². The molecule has 0 aliphatic rings. The van der Waals surface area contributed by atoms with E-state index in [1.54, 1.807) is 17.7 Å². The number of rotatable bonds is 6. The van der Waals surface area contributed by atoms with Gasteiger partial charge in [-0.3, -0.25) is 9.36 Å². The Balaban J connectivity index is 1.74. The van der Waals surface area contributed by atoms with E-state index in [-0.39, 0.29) is 17.1 Å². The van der Waals surface area contributed by atoms with Crippen molar-refractivity contribution in [1.29, 1.82) is 5.26 Å². The SMILES string of the molecule is COc1cccc(-c2cccc3cc([C@@H](C)Nc4nc(N)ncc4C#N)n(-c4ccccc4)c(=O)c23)n1. The highest BCUT2D eigenvalue weighted by Gasteiger charge is 2.20. The van der Waals surface area contributed by atoms with Crippen LogP contribution in [0.25, 0.3) is 27.7 Å². The third kappa shape index (κ3) is 4.44. The van der Waals surface area contributed by atoms with Gasteiger partial charge in [0.2, 0.25) is 11.8 Å². The van der Waals surface area contributed by atoms with Gasteiger partial charge in [0.1, 0.15) is 17.5 Å². The van der Waals surface area contributed by atoms with Crippen LogP contribution in [-0.4, -0.2) is 26.6 Å². The second kappa shape index (κ2) is 9.79. The van der Waals surface area contributed by atoms with Gasteiger partial charge in [0.15, 0.2) is 0 Å². The highest BCUT2D eigenvalue weighted by atomic mass is 16.5. The van der Waals surface area contributed by atoms with E-state index in [1.807, 2.05) is 73.7 Å². The number of methoxy groups -OCH3 is 1. The molecule has 0 spiro atoms. The van der Waals surface area contributed by atoms with E-state index in [2.05, 4.69) is 26.3 Å². The predicted octanol–water partition coefficient (Wildman–Crippen LogP) is 4.48. The molecule has 3 N–H and O–H groups in total. The number of anilines is 2. The first-order valence-electron chi connectivity index (χ1n) is 11.5. The molecule has 0 amide bonds. The summed E-state index contributed by atoms with van der Waals surface area (Å²) in [5, 5.41) is 14.0. The molecule has 9 heteroatoms. The summed E-state index contributed by atoms with van der Waals surface area (Å²) in [6.07, 6.45) is 1.37. The molecular weight excluding hydrogens is 466 g/mol. The minimum Gasteiger partial charge on any atom is -0.481 e. The summed E-state index contributed by atoms with van der Waals surface area (Å²) < 4.78 is 6.97. The van der Waals surface area contributed by atoms with Crippen LogP contribution in [0.4, 0.5) is 11.8 Å². The summed E-state index contributed by atoms with van der Waals surface area (Å²) in [4.78, 5) is 26.9. The zero-order valence-electron chi connectivity index (χ0n) is 20.2. The standard InChI is InChI=1S/C28H23N7O2/c1-17(32-26-19(15-29)16-31-28(30)34-26)23-14-18-8-6-11-21(22-12-7-13-24(33-22)37-2)25(18)27(36)35(23)20-9-4-3-5-10-20/h3-14,16-17H,1-2H3,(H3,30,31,32,34)/t17-/m1/s1. The number of fused-ring (bicyclic) bond motifs is 1. The average Bonchev–Trinajstić information content (AvgIpc) is 2.93. The third-order valence-electron chi connectivity index (χ3n) is 6.02. The Morgan fingerprint density at radius 1 is 1.05 bits per heavy atom. The van der Waals surface area contributed by atoms with Crippen molar-refractivity contribution in [3.05, 3.63) is 101 Å². The normalized spacial score (nSPS) is 11.6. The lowest BCUT2D eigenvalue weighted by atomic mass is 10.0. The van der Waals surface area contributed by atoms with Gasteiger partial charge in [-0.15, -0.1) is 0 Å². The number of hydrogen-bond acceptors (Lipinski definition) is 8. The van der Waals surface area contributed by atoms with E-state index in [9.17, 15) is 10.1 Å². The van der Waals surface area contributed by atoms with Crippen molar-refractivity contribution in [2.45, 2.75) is 13.0 Å². The number of para-hydroxylation sites is 1. The van der Waals surface area contributed by atoms with Crippen molar-refractivity contribution < 1.29 is 4.74 Å². The molecule has 0 saturated carbocycles. The van der Waals surface area contributed by atoms with Crippen LogP contribution in [0.2, 0.25) is 0 Å². The van der Waals surface area contributed by atoms with Gasteiger partial charge >= 0.3 is 0 Å². The van der Waals surface area contributed by atoms with Gasteiger partial charge in [-0.1, -0.05) is 42.5 Å². The number of nitrogen functional groups attached to an aromatic ring is 1. The zero-order chi connectivity index (χ0) is 25.9. The Labute approximate surface area is 212 Å². The van der Waals surface area contributed by atoms with E-state index < -0.39 is 6.04 Å². The van der Waals surface area contributed by atoms with Crippen molar-refractivity contribution in [2.75, 3.05) is 18.2 Å². The van der Waals surface area contributed by atoms with Crippen molar-refractivity contribution in [2.24, 2.45) is 0 Å². The Morgan fingerprint density at radius 3 is 2.59 bits per heavy atom. The molecule has 0 aliphatic carbocycles. The molecule has 0 aliphatic heterocycles. The van der Waals surface area contributed by atoms with Crippen LogP contribution in [-0.2, 0) is 0 Å². The fourth-order valence-corrected chi connectivity index (χ4v) is 4.30. The maximum Gasteiger partial charge on any atom is 0.263 e. The van der Waals surface area contributed by atoms with E-state index in [1.165, 1.54) is 6.20 Å². The number of nitrogens with zero attached hydrogens (tertiary/aromatic N) is 5. The van der Waals surface area contributed by atoms with Crippen LogP contribution in [0.15, 0.2) is 83.8 Å². The molecule has 0 unspecified atom stereocenters. The zero-order valence-corrected chi connectivity index (χ0v) is 20.2. The molecule has 5 rings (SSSR count). The molecule has 0 fully saturated rings. The molecule has 0 bridgehead atoms. The Bertz CT molecular complexity index is 1710. The molecule has 0 saturated heterocycles. The maximum atomic E-state index is 14.2. The summed E-state index contributed by atoms with van der Waals surface area (Å²) in [5.41, 5.74) is 8.54. The molecular formula is C28H23N7O2. The lowest BCUT2D eigenvalue weighted by Gasteiger charge is -2.22. The quantitative estimate of drug-likeness (QED) is 0.357. The highest BCUT2D eigenvalue weighted by Crippen LogP contribution is 2.30. The lowest BCUT2D eigenvalue weighted by Crippen LogP contribution is -2.26. The van der Waals surface area contributed by atoms with Gasteiger partial charge in [0, 0.05) is 23.0 Å². The minimum absolute atomic E-state index is 0.0445. The molecule has 0 radical (unpaired) electrons. The van der Waals surface area contributed by atoms with Gasteiger partial charge < -0.3 is 15.8 Å². The number of benzene rings is 2. The number of nitrogens with one attached hydrogen (secondary N) is 1. The van der Waals surface area contributed by atoms with Crippen molar-refractivity contribution >= 4 is 22.5 Å². The number of nitrogens with two attached hydrogens (primary N) is 1. The lowest BCUT2D eigenvalue weighted by molar-refractivity contribution is 0.398. The van der Waals surface area contributed by atoms with Crippen LogP contribution in [0, 0.1) is 11.3 Å². The smallest absolute Gasteiger partial charge is 0.263 e. The van der Waals surface area contributed by atoms with Gasteiger partial charge in [-0.25, -0.2) is 9.97 Å². The molecule has 3 heterocycles. The Kier molecular flexibility index (Phi) is 6.22. The first-order valence-corrected chi connectivity index (χ1v) is 11.5. The topological polar surface area (TPSA) is 132 Å². The van der Waals surface area contributed by atoms with E-state index >= 15 is 0 Å². The largest absolute Gasteiger partial charge is 0.481 e. The first-order chi connectivity index (χ1) is 18.0. The molecule has 5 aromatic rings. The van der Waals surface area contributed by atoms with Crippen molar-refractivity contribution in [3.8, 4) is 28.9 Å². The maximum absolute atomic E-state index is 14.2. The fourth-order valence-electron chi connectivity index (χ4n) is 4.30. The third-order valence-corrected chi connectivity index (χ3v) is 6.02. The monoisotopic (exact) mass is 489 g/mol. The minimum atomic E-state index is -0.419. The Hall–Kier alpha value is -5.23. The number of aromatic nitrogens is 4. The fraction of sp³-hybridized carbons (Fsp3) is 0.107. The molecule has 37 heavy (non-hydrogen) atoms. The van der Waals surface area contributed by atoms with Crippen LogP contribution < -0.4 is 21.3 Å². The number of nitriles is 1. The molecule has 1 atom stereocenters. The van der Waals surface area contributed by atoms with Gasteiger partial charge in [-0.05, 0) is 36.6 Å². The van der Waals surface area contributed by atoms with E-state index in [0.717, 1.165) is 5.39 Å². The van der Waals surface area contributed by atoms with E-state index in [0.29, 0.717) is 39.7 Å². The summed E-state index contributed by atoms with van der Waals surface area (Å²) in [6.45, 7) is 1.90. The number of ether oxygens (including phenoxy) is 1. The number of pyridine rings is 2. The summed E-state index contributed by atoms with van der Waals surface area (Å²) in [7, 11) is 1.56. The molecule has 3 aromatic heterocycles. The second-order valence-electron chi connectivity index (χ2n) is 8.35. The van der Waals surface area contributed by atoms with Crippen LogP contribution >= 0.6 is 0 Å². The van der Waals surface area contributed by atoms with Gasteiger partial charge in [-0.2, -0.15) is 10.2 Å². The summed E-state index contributed by atoms with van der Waals surface area (Å²) in [6, 6.07) is 24.1. The summed E-state index contributed by atoms with van der Waals surface area (Å²) >= 11 is 0. The van der Waals surface area contributed by atoms with Crippen LogP contribution in [0.1, 0.15) is 24.2 Å². The number of hydrogen-bond donors (Lipinski definition) is 2. The predicted molar refractivity (Wildman–Crippen MR) is 143 cm³/mol. The van der Waals surface area contributed by atoms with Crippen molar-refractivity contribution in [3.63, 3.8) is 0 Å². The van der Waals surface area contributed by atoms with E-state index in [4.69, 9.17) is 10.5 Å². The molecule has 9 nitrogen and oxygen atoms in total. The molecule has 2 aromatic carbocycles. The first kappa shape index (κ1) is 23.5. The second-order valence-corrected chi connectivity index (χ2v) is 8.35. The molecule has 182 valence electrons. The Morgan fingerprint density at radius 2 is 1.84 bits per heavy atom. The van der Waals surface area contributed by atoms with Gasteiger partial charge in [0.05, 0.1) is 30.4 Å². The average molecular weight is 490 g/mol. The van der Waals surface area contributed by atoms with Gasteiger partial charge in [0.25, 0.3) is 5.56 Å². The summed E-state index contributed by atoms with van der Waals surface area (Å²) in [5.74, 6) is 0.803. The van der Waals surface area contributed by atoms with Crippen LogP contribution in [0.3, 0.4) is 0 Å².